The largest absolute Gasteiger partial charge is 0.389 e. The summed E-state index contributed by atoms with van der Waals surface area (Å²) in [6.07, 6.45) is 24.5. The summed E-state index contributed by atoms with van der Waals surface area (Å²) >= 11 is 0. The van der Waals surface area contributed by atoms with Gasteiger partial charge in [0.25, 0.3) is 0 Å². The highest BCUT2D eigenvalue weighted by molar-refractivity contribution is 5.06. The van der Waals surface area contributed by atoms with Crippen LogP contribution in [0.3, 0.4) is 0 Å². The van der Waals surface area contributed by atoms with Crippen molar-refractivity contribution in [3.63, 3.8) is 0 Å². The first-order chi connectivity index (χ1) is 12.4. The maximum atomic E-state index is 10.0. The van der Waals surface area contributed by atoms with Crippen LogP contribution in [0.1, 0.15) is 91.9 Å². The average molecular weight is 363 g/mol. The minimum Gasteiger partial charge on any atom is -0.389 e. The van der Waals surface area contributed by atoms with E-state index in [0.717, 1.165) is 12.8 Å². The number of ether oxygens (including phenoxy) is 1. The van der Waals surface area contributed by atoms with E-state index in [0.29, 0.717) is 17.9 Å². The summed E-state index contributed by atoms with van der Waals surface area (Å²) in [6.45, 7) is 9.12. The second-order valence-electron chi connectivity index (χ2n) is 8.81. The van der Waals surface area contributed by atoms with Gasteiger partial charge in [-0.05, 0) is 43.9 Å². The van der Waals surface area contributed by atoms with Gasteiger partial charge in [-0.1, -0.05) is 89.8 Å². The fourth-order valence-corrected chi connectivity index (χ4v) is 3.01. The van der Waals surface area contributed by atoms with Crippen LogP contribution in [0.15, 0.2) is 36.5 Å². The number of unbranched alkanes of at least 4 members (excludes halogenated alkanes) is 4. The zero-order chi connectivity index (χ0) is 19.3. The molecule has 0 saturated carbocycles. The van der Waals surface area contributed by atoms with E-state index in [1.54, 1.807) is 0 Å². The van der Waals surface area contributed by atoms with Gasteiger partial charge in [0.15, 0.2) is 0 Å². The second-order valence-corrected chi connectivity index (χ2v) is 8.81. The molecule has 3 atom stereocenters. The van der Waals surface area contributed by atoms with Crippen LogP contribution in [0.5, 0.6) is 0 Å². The van der Waals surface area contributed by atoms with Crippen LogP contribution in [0.4, 0.5) is 0 Å². The Morgan fingerprint density at radius 2 is 1.77 bits per heavy atom. The molecule has 0 spiro atoms. The first-order valence-corrected chi connectivity index (χ1v) is 10.7. The minimum atomic E-state index is -0.398. The Bertz CT molecular complexity index is 428. The zero-order valence-corrected chi connectivity index (χ0v) is 17.6. The van der Waals surface area contributed by atoms with E-state index < -0.39 is 6.10 Å². The molecule has 1 fully saturated rings. The number of allylic oxidation sites excluding steroid dienone is 3. The van der Waals surface area contributed by atoms with Gasteiger partial charge in [0.05, 0.1) is 12.2 Å². The lowest BCUT2D eigenvalue weighted by Gasteiger charge is -2.17. The number of hydrogen-bond donors (Lipinski definition) is 1. The lowest BCUT2D eigenvalue weighted by molar-refractivity contribution is 0.226. The molecule has 0 aromatic carbocycles. The molecule has 0 bridgehead atoms. The van der Waals surface area contributed by atoms with Crippen molar-refractivity contribution in [1.82, 2.24) is 0 Å². The van der Waals surface area contributed by atoms with Crippen LogP contribution in [0, 0.1) is 5.41 Å². The van der Waals surface area contributed by atoms with Gasteiger partial charge in [-0.15, -0.1) is 0 Å². The van der Waals surface area contributed by atoms with Crippen LogP contribution in [-0.4, -0.2) is 23.4 Å². The lowest BCUT2D eigenvalue weighted by Crippen LogP contribution is -2.04. The number of hydrogen-bond acceptors (Lipinski definition) is 2. The van der Waals surface area contributed by atoms with Gasteiger partial charge in [-0.3, -0.25) is 0 Å². The van der Waals surface area contributed by atoms with E-state index in [4.69, 9.17) is 4.74 Å². The topological polar surface area (TPSA) is 32.8 Å². The van der Waals surface area contributed by atoms with Gasteiger partial charge < -0.3 is 9.84 Å². The van der Waals surface area contributed by atoms with Gasteiger partial charge in [-0.2, -0.15) is 0 Å². The van der Waals surface area contributed by atoms with Crippen molar-refractivity contribution in [2.24, 2.45) is 5.41 Å². The highest BCUT2D eigenvalue weighted by atomic mass is 16.6. The highest BCUT2D eigenvalue weighted by Crippen LogP contribution is 2.30. The monoisotopic (exact) mass is 362 g/mol. The molecule has 0 aromatic rings. The first-order valence-electron chi connectivity index (χ1n) is 10.7. The standard InChI is InChI=1S/C24H42O2/c1-5-6-7-8-9-10-11-12-13-16-21(25)18-19-23-22(26-23)17-14-15-20-24(2,3)4/h9-10,12-13,18-19,21-23,25H,5-8,11,14-17,20H2,1-4H3/b10-9-,13-12-,19-18+. The Balaban J connectivity index is 2.02. The van der Waals surface area contributed by atoms with Crippen molar-refractivity contribution in [3.8, 4) is 0 Å². The van der Waals surface area contributed by atoms with Crippen LogP contribution in [-0.2, 0) is 4.74 Å². The molecule has 1 N–H and O–H groups in total. The third-order valence-corrected chi connectivity index (χ3v) is 4.77. The van der Waals surface area contributed by atoms with Crippen molar-refractivity contribution in [3.05, 3.63) is 36.5 Å². The summed E-state index contributed by atoms with van der Waals surface area (Å²) < 4.78 is 5.67. The van der Waals surface area contributed by atoms with Crippen LogP contribution in [0.25, 0.3) is 0 Å². The predicted octanol–water partition coefficient (Wildman–Crippen LogP) is 6.75. The summed E-state index contributed by atoms with van der Waals surface area (Å²) in [7, 11) is 0. The van der Waals surface area contributed by atoms with Gasteiger partial charge in [-0.25, -0.2) is 0 Å². The third kappa shape index (κ3) is 13.4. The maximum absolute atomic E-state index is 10.0. The first kappa shape index (κ1) is 23.2. The molecule has 2 nitrogen and oxygen atoms in total. The molecule has 0 aromatic heterocycles. The Kier molecular flexibility index (Phi) is 11.9. The number of rotatable bonds is 14. The molecular weight excluding hydrogens is 320 g/mol. The normalized spacial score (nSPS) is 22.0. The van der Waals surface area contributed by atoms with Gasteiger partial charge in [0, 0.05) is 0 Å². The van der Waals surface area contributed by atoms with E-state index in [9.17, 15) is 5.11 Å². The molecule has 1 rings (SSSR count). The quantitative estimate of drug-likeness (QED) is 0.210. The summed E-state index contributed by atoms with van der Waals surface area (Å²) in [5.41, 5.74) is 0.437. The minimum absolute atomic E-state index is 0.231. The third-order valence-electron chi connectivity index (χ3n) is 4.77. The summed E-state index contributed by atoms with van der Waals surface area (Å²) in [5, 5.41) is 10.0. The molecule has 2 heteroatoms. The average Bonchev–Trinajstić information content (AvgIpc) is 3.33. The van der Waals surface area contributed by atoms with Crippen LogP contribution >= 0.6 is 0 Å². The molecular formula is C24H42O2. The van der Waals surface area contributed by atoms with E-state index in [2.05, 4.69) is 52.0 Å². The summed E-state index contributed by atoms with van der Waals surface area (Å²) in [4.78, 5) is 0. The molecule has 150 valence electrons. The van der Waals surface area contributed by atoms with E-state index in [1.807, 2.05) is 12.2 Å². The second kappa shape index (κ2) is 13.3. The molecule has 0 radical (unpaired) electrons. The Morgan fingerprint density at radius 1 is 1.00 bits per heavy atom. The van der Waals surface area contributed by atoms with Crippen molar-refractivity contribution >= 4 is 0 Å². The van der Waals surface area contributed by atoms with Gasteiger partial charge >= 0.3 is 0 Å². The van der Waals surface area contributed by atoms with Gasteiger partial charge in [0.1, 0.15) is 6.10 Å². The van der Waals surface area contributed by atoms with Crippen molar-refractivity contribution in [2.75, 3.05) is 0 Å². The predicted molar refractivity (Wildman–Crippen MR) is 113 cm³/mol. The molecule has 0 amide bonds. The zero-order valence-electron chi connectivity index (χ0n) is 17.6. The van der Waals surface area contributed by atoms with Gasteiger partial charge in [0.2, 0.25) is 0 Å². The SMILES string of the molecule is CCCCC/C=C\C/C=C\CC(O)/C=C/C1OC1CCCCC(C)(C)C. The lowest BCUT2D eigenvalue weighted by atomic mass is 9.89. The van der Waals surface area contributed by atoms with E-state index in [-0.39, 0.29) is 6.10 Å². The summed E-state index contributed by atoms with van der Waals surface area (Å²) in [6, 6.07) is 0. The Labute approximate surface area is 162 Å². The van der Waals surface area contributed by atoms with Crippen LogP contribution in [0.2, 0.25) is 0 Å². The molecule has 26 heavy (non-hydrogen) atoms. The molecule has 3 unspecified atom stereocenters. The smallest absolute Gasteiger partial charge is 0.102 e. The van der Waals surface area contributed by atoms with Crippen molar-refractivity contribution < 1.29 is 9.84 Å². The Hall–Kier alpha value is -0.860. The van der Waals surface area contributed by atoms with Crippen LogP contribution < -0.4 is 0 Å². The van der Waals surface area contributed by atoms with Crippen molar-refractivity contribution in [2.45, 2.75) is 110 Å². The number of epoxide rings is 1. The highest BCUT2D eigenvalue weighted by Gasteiger charge is 2.35. The molecule has 1 aliphatic heterocycles. The van der Waals surface area contributed by atoms with E-state index in [1.165, 1.54) is 44.9 Å². The summed E-state index contributed by atoms with van der Waals surface area (Å²) in [5.74, 6) is 0. The number of aliphatic hydroxyl groups is 1. The Morgan fingerprint density at radius 3 is 2.50 bits per heavy atom. The molecule has 1 aliphatic rings. The maximum Gasteiger partial charge on any atom is 0.102 e. The fraction of sp³-hybridized carbons (Fsp3) is 0.750. The molecule has 0 aliphatic carbocycles. The molecule has 1 saturated heterocycles. The fourth-order valence-electron chi connectivity index (χ4n) is 3.01. The van der Waals surface area contributed by atoms with Crippen molar-refractivity contribution in [1.29, 1.82) is 0 Å². The number of aliphatic hydroxyl groups excluding tert-OH is 1. The molecule has 1 heterocycles. The van der Waals surface area contributed by atoms with E-state index >= 15 is 0 Å².